The Balaban J connectivity index is 0.000000222. The Bertz CT molecular complexity index is 1440. The number of carbonyl (C=O) groups excluding carboxylic acids is 2. The summed E-state index contributed by atoms with van der Waals surface area (Å²) < 4.78 is 30.4. The second-order valence-corrected chi connectivity index (χ2v) is 11.6. The van der Waals surface area contributed by atoms with Gasteiger partial charge in [-0.05, 0) is 52.4 Å². The first kappa shape index (κ1) is 26.8. The third-order valence-electron chi connectivity index (χ3n) is 6.22. The van der Waals surface area contributed by atoms with Crippen molar-refractivity contribution in [1.29, 1.82) is 0 Å². The van der Waals surface area contributed by atoms with Crippen LogP contribution in [0.25, 0.3) is 10.9 Å². The van der Waals surface area contributed by atoms with Gasteiger partial charge in [-0.1, -0.05) is 25.3 Å². The molecule has 4 aromatic rings. The molecule has 1 amide bonds. The standard InChI is InChI=1S/C17H22BrN3O3S.C7H6N4O/c1-21(2)25(23,24)20-17(22)12-8-9-13-14(10-12)19-16(18)15(13)11-6-4-3-5-7-11;12-7(10-3-1-8-5-10)11-4-2-9-6-11/h8-11,19H,3-7H2,1-2H3,(H,20,22);1-6H. The quantitative estimate of drug-likeness (QED) is 0.368. The average molecular weight is 591 g/mol. The van der Waals surface area contributed by atoms with E-state index >= 15 is 0 Å². The van der Waals surface area contributed by atoms with Crippen molar-refractivity contribution in [2.24, 2.45) is 0 Å². The van der Waals surface area contributed by atoms with Gasteiger partial charge in [-0.25, -0.2) is 19.5 Å². The smallest absolute Gasteiger partial charge is 0.338 e. The molecule has 2 N–H and O–H groups in total. The molecule has 0 aliphatic heterocycles. The number of nitrogens with zero attached hydrogens (tertiary/aromatic N) is 5. The van der Waals surface area contributed by atoms with Crippen molar-refractivity contribution in [3.63, 3.8) is 0 Å². The van der Waals surface area contributed by atoms with E-state index in [0.29, 0.717) is 11.5 Å². The Labute approximate surface area is 223 Å². The molecule has 0 spiro atoms. The van der Waals surface area contributed by atoms with E-state index in [9.17, 15) is 18.0 Å². The van der Waals surface area contributed by atoms with Crippen LogP contribution in [0.5, 0.6) is 0 Å². The number of fused-ring (bicyclic) bond motifs is 1. The number of halogens is 1. The van der Waals surface area contributed by atoms with Gasteiger partial charge in [-0.2, -0.15) is 12.7 Å². The van der Waals surface area contributed by atoms with Crippen LogP contribution in [0.3, 0.4) is 0 Å². The molecule has 0 unspecified atom stereocenters. The van der Waals surface area contributed by atoms with Crippen LogP contribution in [0, 0.1) is 0 Å². The van der Waals surface area contributed by atoms with E-state index in [1.54, 1.807) is 36.9 Å². The maximum absolute atomic E-state index is 12.3. The Hall–Kier alpha value is -3.29. The molecule has 1 aliphatic carbocycles. The molecule has 196 valence electrons. The highest BCUT2D eigenvalue weighted by Gasteiger charge is 2.23. The van der Waals surface area contributed by atoms with Gasteiger partial charge in [0.05, 0.1) is 4.60 Å². The normalized spacial score (nSPS) is 14.4. The largest absolute Gasteiger partial charge is 0.349 e. The van der Waals surface area contributed by atoms with Gasteiger partial charge in [0, 0.05) is 55.3 Å². The van der Waals surface area contributed by atoms with Crippen LogP contribution in [0.4, 0.5) is 4.79 Å². The summed E-state index contributed by atoms with van der Waals surface area (Å²) in [7, 11) is -1.06. The number of aromatic nitrogens is 5. The van der Waals surface area contributed by atoms with Crippen molar-refractivity contribution in [2.75, 3.05) is 14.1 Å². The molecule has 0 saturated heterocycles. The number of H-pyrrole nitrogens is 1. The highest BCUT2D eigenvalue weighted by Crippen LogP contribution is 2.40. The number of benzene rings is 1. The fourth-order valence-electron chi connectivity index (χ4n) is 4.26. The highest BCUT2D eigenvalue weighted by atomic mass is 79.9. The summed E-state index contributed by atoms with van der Waals surface area (Å²) in [5, 5.41) is 1.09. The van der Waals surface area contributed by atoms with Crippen LogP contribution in [0.2, 0.25) is 0 Å². The average Bonchev–Trinajstić information content (AvgIpc) is 3.65. The minimum absolute atomic E-state index is 0.190. The predicted molar refractivity (Wildman–Crippen MR) is 143 cm³/mol. The Morgan fingerprint density at radius 2 is 1.68 bits per heavy atom. The minimum Gasteiger partial charge on any atom is -0.349 e. The van der Waals surface area contributed by atoms with E-state index in [0.717, 1.165) is 19.8 Å². The second-order valence-electron chi connectivity index (χ2n) is 8.89. The first-order valence-electron chi connectivity index (χ1n) is 11.7. The lowest BCUT2D eigenvalue weighted by atomic mass is 9.84. The lowest BCUT2D eigenvalue weighted by Gasteiger charge is -2.21. The lowest BCUT2D eigenvalue weighted by molar-refractivity contribution is 0.0979. The molecular formula is C24H28BrN7O4S. The molecule has 3 aromatic heterocycles. The number of imidazole rings is 2. The van der Waals surface area contributed by atoms with Gasteiger partial charge in [-0.15, -0.1) is 0 Å². The van der Waals surface area contributed by atoms with Crippen molar-refractivity contribution >= 4 is 49.0 Å². The summed E-state index contributed by atoms with van der Waals surface area (Å²) in [6.07, 6.45) is 15.3. The third-order valence-corrected chi connectivity index (χ3v) is 8.25. The van der Waals surface area contributed by atoms with Crippen LogP contribution >= 0.6 is 15.9 Å². The zero-order valence-electron chi connectivity index (χ0n) is 20.5. The molecule has 0 bridgehead atoms. The van der Waals surface area contributed by atoms with Crippen LogP contribution in [-0.4, -0.2) is 62.8 Å². The van der Waals surface area contributed by atoms with Gasteiger partial charge in [0.25, 0.3) is 5.91 Å². The second kappa shape index (κ2) is 11.4. The SMILES string of the molecule is CN(C)S(=O)(=O)NC(=O)c1ccc2c(C3CCCCC3)c(Br)[nH]c2c1.O=C(n1ccnc1)n1ccnc1. The predicted octanol–water partition coefficient (Wildman–Crippen LogP) is 4.11. The molecule has 1 saturated carbocycles. The molecule has 0 atom stereocenters. The molecule has 1 aromatic carbocycles. The van der Waals surface area contributed by atoms with E-state index in [2.05, 4.69) is 35.6 Å². The van der Waals surface area contributed by atoms with Crippen molar-refractivity contribution in [3.05, 3.63) is 71.4 Å². The van der Waals surface area contributed by atoms with E-state index in [1.807, 2.05) is 6.07 Å². The van der Waals surface area contributed by atoms with Crippen molar-refractivity contribution in [1.82, 2.24) is 33.1 Å². The summed E-state index contributed by atoms with van der Waals surface area (Å²) in [6.45, 7) is 0. The van der Waals surface area contributed by atoms with Gasteiger partial charge in [0.1, 0.15) is 12.7 Å². The van der Waals surface area contributed by atoms with Gasteiger partial charge >= 0.3 is 16.2 Å². The van der Waals surface area contributed by atoms with E-state index < -0.39 is 16.1 Å². The topological polar surface area (TPSA) is 135 Å². The summed E-state index contributed by atoms with van der Waals surface area (Å²) >= 11 is 3.62. The van der Waals surface area contributed by atoms with Gasteiger partial charge in [0.2, 0.25) is 0 Å². The highest BCUT2D eigenvalue weighted by molar-refractivity contribution is 9.10. The lowest BCUT2D eigenvalue weighted by Crippen LogP contribution is -2.39. The molecule has 13 heteroatoms. The zero-order valence-corrected chi connectivity index (χ0v) is 22.9. The van der Waals surface area contributed by atoms with Crippen LogP contribution in [0.15, 0.2) is 60.2 Å². The van der Waals surface area contributed by atoms with Gasteiger partial charge < -0.3 is 4.98 Å². The van der Waals surface area contributed by atoms with E-state index in [-0.39, 0.29) is 6.03 Å². The van der Waals surface area contributed by atoms with Crippen LogP contribution in [-0.2, 0) is 10.2 Å². The molecule has 3 heterocycles. The van der Waals surface area contributed by atoms with Gasteiger partial charge in [0.15, 0.2) is 0 Å². The van der Waals surface area contributed by atoms with E-state index in [4.69, 9.17) is 0 Å². The Morgan fingerprint density at radius 3 is 2.22 bits per heavy atom. The number of aromatic amines is 1. The summed E-state index contributed by atoms with van der Waals surface area (Å²) in [5.74, 6) is -0.119. The molecule has 37 heavy (non-hydrogen) atoms. The Kier molecular flexibility index (Phi) is 8.25. The fraction of sp³-hybridized carbons (Fsp3) is 0.333. The van der Waals surface area contributed by atoms with E-state index in [1.165, 1.54) is 73.6 Å². The molecule has 0 radical (unpaired) electrons. The summed E-state index contributed by atoms with van der Waals surface area (Å²) in [4.78, 5) is 34.5. The van der Waals surface area contributed by atoms with Crippen LogP contribution in [0.1, 0.15) is 53.9 Å². The van der Waals surface area contributed by atoms with Gasteiger partial charge in [-0.3, -0.25) is 13.9 Å². The number of amides is 1. The first-order valence-corrected chi connectivity index (χ1v) is 14.0. The van der Waals surface area contributed by atoms with Crippen molar-refractivity contribution < 1.29 is 18.0 Å². The number of hydrogen-bond donors (Lipinski definition) is 2. The number of rotatable bonds is 4. The number of carbonyl (C=O) groups is 2. The molecule has 1 aliphatic rings. The monoisotopic (exact) mass is 589 g/mol. The maximum Gasteiger partial charge on any atom is 0.338 e. The van der Waals surface area contributed by atoms with Crippen LogP contribution < -0.4 is 4.72 Å². The first-order chi connectivity index (χ1) is 17.7. The zero-order chi connectivity index (χ0) is 26.6. The van der Waals surface area contributed by atoms with Crippen molar-refractivity contribution in [2.45, 2.75) is 38.0 Å². The Morgan fingerprint density at radius 1 is 1.05 bits per heavy atom. The summed E-state index contributed by atoms with van der Waals surface area (Å²) in [6, 6.07) is 5.09. The molecule has 1 fully saturated rings. The number of hydrogen-bond acceptors (Lipinski definition) is 6. The number of nitrogens with one attached hydrogen (secondary N) is 2. The summed E-state index contributed by atoms with van der Waals surface area (Å²) in [5.41, 5.74) is 2.41. The molecule has 5 rings (SSSR count). The maximum atomic E-state index is 12.3. The third kappa shape index (κ3) is 6.17. The fourth-order valence-corrected chi connectivity index (χ4v) is 5.55. The molecular weight excluding hydrogens is 562 g/mol. The molecule has 11 nitrogen and oxygen atoms in total. The minimum atomic E-state index is -3.80. The van der Waals surface area contributed by atoms with Crippen molar-refractivity contribution in [3.8, 4) is 0 Å².